The van der Waals surface area contributed by atoms with E-state index in [1.54, 1.807) is 0 Å². The molecule has 6 nitrogen and oxygen atoms in total. The molecule has 0 aliphatic carbocycles. The second-order valence-corrected chi connectivity index (χ2v) is 17.4. The Morgan fingerprint density at radius 2 is 0.639 bits per heavy atom. The summed E-state index contributed by atoms with van der Waals surface area (Å²) >= 11 is 0. The minimum atomic E-state index is -0.796. The molecule has 354 valence electrons. The number of carbonyl (C=O) groups is 3. The van der Waals surface area contributed by atoms with Crippen molar-refractivity contribution >= 4 is 17.9 Å². The van der Waals surface area contributed by atoms with Gasteiger partial charge in [-0.3, -0.25) is 14.4 Å². The fraction of sp³-hybridized carbons (Fsp3) is 0.800. The average molecular weight is 855 g/mol. The molecule has 0 aromatic rings. The molecule has 61 heavy (non-hydrogen) atoms. The largest absolute Gasteiger partial charge is 0.462 e. The van der Waals surface area contributed by atoms with Gasteiger partial charge in [0.25, 0.3) is 0 Å². The molecule has 0 fully saturated rings. The van der Waals surface area contributed by atoms with Crippen LogP contribution in [-0.2, 0) is 28.6 Å². The molecule has 0 rings (SSSR count). The van der Waals surface area contributed by atoms with Crippen LogP contribution in [0.1, 0.15) is 265 Å². The van der Waals surface area contributed by atoms with Gasteiger partial charge in [-0.05, 0) is 44.9 Å². The van der Waals surface area contributed by atoms with Gasteiger partial charge in [0.1, 0.15) is 13.2 Å². The Hall–Kier alpha value is -2.63. The van der Waals surface area contributed by atoms with Crippen LogP contribution >= 0.6 is 0 Å². The Balaban J connectivity index is 4.41. The van der Waals surface area contributed by atoms with E-state index in [-0.39, 0.29) is 37.5 Å². The highest BCUT2D eigenvalue weighted by Crippen LogP contribution is 2.16. The molecular formula is C55H98O6. The zero-order valence-corrected chi connectivity index (χ0v) is 40.4. The predicted molar refractivity (Wildman–Crippen MR) is 261 cm³/mol. The van der Waals surface area contributed by atoms with Gasteiger partial charge in [0.15, 0.2) is 6.10 Å². The summed E-state index contributed by atoms with van der Waals surface area (Å²) in [6, 6.07) is 0. The summed E-state index contributed by atoms with van der Waals surface area (Å²) in [7, 11) is 0. The van der Waals surface area contributed by atoms with Gasteiger partial charge in [0.2, 0.25) is 0 Å². The molecule has 6 heteroatoms. The highest BCUT2D eigenvalue weighted by Gasteiger charge is 2.19. The van der Waals surface area contributed by atoms with Crippen LogP contribution in [0.15, 0.2) is 48.6 Å². The molecule has 1 unspecified atom stereocenters. The van der Waals surface area contributed by atoms with Gasteiger partial charge in [0.05, 0.1) is 0 Å². The van der Waals surface area contributed by atoms with Crippen LogP contribution in [0, 0.1) is 0 Å². The summed E-state index contributed by atoms with van der Waals surface area (Å²) in [5.74, 6) is -0.965. The molecule has 0 saturated heterocycles. The van der Waals surface area contributed by atoms with Crippen molar-refractivity contribution in [3.05, 3.63) is 48.6 Å². The normalized spacial score (nSPS) is 12.4. The summed E-state index contributed by atoms with van der Waals surface area (Å²) in [6.45, 7) is 6.48. The lowest BCUT2D eigenvalue weighted by atomic mass is 10.0. The van der Waals surface area contributed by atoms with E-state index in [1.807, 2.05) is 6.08 Å². The Morgan fingerprint density at radius 1 is 0.344 bits per heavy atom. The van der Waals surface area contributed by atoms with E-state index < -0.39 is 6.10 Å². The first-order chi connectivity index (χ1) is 30.0. The van der Waals surface area contributed by atoms with Crippen LogP contribution in [0.25, 0.3) is 0 Å². The maximum atomic E-state index is 12.8. The lowest BCUT2D eigenvalue weighted by Gasteiger charge is -2.18. The van der Waals surface area contributed by atoms with Gasteiger partial charge in [0, 0.05) is 19.3 Å². The van der Waals surface area contributed by atoms with Gasteiger partial charge in [-0.2, -0.15) is 0 Å². The Bertz CT molecular complexity index is 1070. The quantitative estimate of drug-likeness (QED) is 0.0263. The number of allylic oxidation sites excluding steroid dienone is 8. The van der Waals surface area contributed by atoms with Crippen molar-refractivity contribution in [3.8, 4) is 0 Å². The third-order valence-electron chi connectivity index (χ3n) is 11.4. The minimum Gasteiger partial charge on any atom is -0.462 e. The lowest BCUT2D eigenvalue weighted by Crippen LogP contribution is -2.30. The van der Waals surface area contributed by atoms with Crippen LogP contribution in [0.3, 0.4) is 0 Å². The first-order valence-corrected chi connectivity index (χ1v) is 26.1. The van der Waals surface area contributed by atoms with E-state index in [0.29, 0.717) is 19.3 Å². The average Bonchev–Trinajstić information content (AvgIpc) is 3.26. The van der Waals surface area contributed by atoms with Crippen molar-refractivity contribution in [1.29, 1.82) is 0 Å². The highest BCUT2D eigenvalue weighted by atomic mass is 16.6. The molecular weight excluding hydrogens is 757 g/mol. The van der Waals surface area contributed by atoms with E-state index in [2.05, 4.69) is 63.3 Å². The molecule has 0 aliphatic rings. The summed E-state index contributed by atoms with van der Waals surface area (Å²) in [6.07, 6.45) is 59.7. The maximum absolute atomic E-state index is 12.8. The fourth-order valence-electron chi connectivity index (χ4n) is 7.46. The predicted octanol–water partition coefficient (Wildman–Crippen LogP) is 17.1. The molecule has 1 atom stereocenters. The van der Waals surface area contributed by atoms with Gasteiger partial charge in [-0.25, -0.2) is 0 Å². The van der Waals surface area contributed by atoms with Crippen molar-refractivity contribution in [2.45, 2.75) is 271 Å². The van der Waals surface area contributed by atoms with Crippen LogP contribution in [-0.4, -0.2) is 37.2 Å². The molecule has 0 bridgehead atoms. The molecule has 0 aliphatic heterocycles. The van der Waals surface area contributed by atoms with Crippen LogP contribution in [0.4, 0.5) is 0 Å². The zero-order chi connectivity index (χ0) is 44.4. The first kappa shape index (κ1) is 58.4. The van der Waals surface area contributed by atoms with Gasteiger partial charge in [-0.1, -0.05) is 249 Å². The second kappa shape index (κ2) is 50.0. The third kappa shape index (κ3) is 48.3. The molecule has 0 spiro atoms. The number of ether oxygens (including phenoxy) is 3. The minimum absolute atomic E-state index is 0.0910. The topological polar surface area (TPSA) is 78.9 Å². The molecule has 0 N–H and O–H groups in total. The number of carbonyl (C=O) groups excluding carboxylic acids is 3. The standard InChI is InChI=1S/C55H98O6/c1-4-7-10-13-16-19-22-25-27-28-31-33-36-39-42-45-48-54(57)60-51-52(50-59-53(56)47-44-41-38-35-32-29-24-21-18-15-12-9-6-3)61-55(58)49-46-43-40-37-34-30-26-23-20-17-14-11-8-5-2/h9,12,18,21,29,32,38,41,52H,4-8,10-11,13-17,19-20,22-28,30-31,33-37,39-40,42-51H2,1-3H3/b12-9-,21-18-,32-29-,41-38-. The molecule has 0 aromatic heterocycles. The number of rotatable bonds is 47. The summed E-state index contributed by atoms with van der Waals surface area (Å²) in [4.78, 5) is 37.9. The van der Waals surface area contributed by atoms with Crippen molar-refractivity contribution in [2.24, 2.45) is 0 Å². The summed E-state index contributed by atoms with van der Waals surface area (Å²) < 4.78 is 16.7. The van der Waals surface area contributed by atoms with Crippen molar-refractivity contribution < 1.29 is 28.6 Å². The summed E-state index contributed by atoms with van der Waals surface area (Å²) in [5, 5.41) is 0. The maximum Gasteiger partial charge on any atom is 0.306 e. The third-order valence-corrected chi connectivity index (χ3v) is 11.4. The molecule has 0 radical (unpaired) electrons. The smallest absolute Gasteiger partial charge is 0.306 e. The second-order valence-electron chi connectivity index (χ2n) is 17.4. The van der Waals surface area contributed by atoms with E-state index >= 15 is 0 Å². The Kier molecular flexibility index (Phi) is 47.9. The van der Waals surface area contributed by atoms with E-state index in [0.717, 1.165) is 64.2 Å². The van der Waals surface area contributed by atoms with Crippen LogP contribution in [0.2, 0.25) is 0 Å². The number of unbranched alkanes of at least 4 members (excludes halogenated alkanes) is 28. The lowest BCUT2D eigenvalue weighted by molar-refractivity contribution is -0.166. The molecule has 0 aromatic carbocycles. The van der Waals surface area contributed by atoms with Gasteiger partial charge in [-0.15, -0.1) is 0 Å². The SMILES string of the molecule is CC/C=C\C/C=C\C/C=C\C/C=C\CCC(=O)OCC(COC(=O)CCCCCCCCCCCCCCCCCC)OC(=O)CCCCCCCCCCCCCCCC. The fourth-order valence-corrected chi connectivity index (χ4v) is 7.46. The zero-order valence-electron chi connectivity index (χ0n) is 40.4. The van der Waals surface area contributed by atoms with Crippen LogP contribution in [0.5, 0.6) is 0 Å². The van der Waals surface area contributed by atoms with E-state index in [1.165, 1.54) is 154 Å². The van der Waals surface area contributed by atoms with Crippen molar-refractivity contribution in [2.75, 3.05) is 13.2 Å². The van der Waals surface area contributed by atoms with Crippen molar-refractivity contribution in [3.63, 3.8) is 0 Å². The monoisotopic (exact) mass is 855 g/mol. The van der Waals surface area contributed by atoms with Crippen molar-refractivity contribution in [1.82, 2.24) is 0 Å². The first-order valence-electron chi connectivity index (χ1n) is 26.1. The van der Waals surface area contributed by atoms with Gasteiger partial charge < -0.3 is 14.2 Å². The summed E-state index contributed by atoms with van der Waals surface area (Å²) in [5.41, 5.74) is 0. The Labute approximate surface area is 378 Å². The highest BCUT2D eigenvalue weighted by molar-refractivity contribution is 5.71. The number of hydrogen-bond donors (Lipinski definition) is 0. The number of esters is 3. The van der Waals surface area contributed by atoms with Gasteiger partial charge >= 0.3 is 17.9 Å². The number of hydrogen-bond acceptors (Lipinski definition) is 6. The molecule has 0 saturated carbocycles. The van der Waals surface area contributed by atoms with E-state index in [4.69, 9.17) is 14.2 Å². The molecule has 0 heterocycles. The van der Waals surface area contributed by atoms with E-state index in [9.17, 15) is 14.4 Å². The molecule has 0 amide bonds. The Morgan fingerprint density at radius 3 is 1.00 bits per heavy atom. The van der Waals surface area contributed by atoms with Crippen LogP contribution < -0.4 is 0 Å².